The first kappa shape index (κ1) is 20.2. The second-order valence-electron chi connectivity index (χ2n) is 5.91. The molecule has 0 heterocycles. The lowest BCUT2D eigenvalue weighted by molar-refractivity contribution is 0.0731. The zero-order chi connectivity index (χ0) is 20.8. The van der Waals surface area contributed by atoms with Gasteiger partial charge in [0.2, 0.25) is 0 Å². The predicted molar refractivity (Wildman–Crippen MR) is 110 cm³/mol. The molecule has 0 unspecified atom stereocenters. The summed E-state index contributed by atoms with van der Waals surface area (Å²) in [5.74, 6) is 0.333. The van der Waals surface area contributed by atoms with Gasteiger partial charge in [0.15, 0.2) is 0 Å². The molecule has 7 heteroatoms. The van der Waals surface area contributed by atoms with E-state index in [0.29, 0.717) is 33.5 Å². The molecule has 0 radical (unpaired) electrons. The first-order valence-corrected chi connectivity index (χ1v) is 8.99. The van der Waals surface area contributed by atoms with Crippen molar-refractivity contribution in [1.82, 2.24) is 0 Å². The van der Waals surface area contributed by atoms with Crippen LogP contribution in [0, 0.1) is 0 Å². The molecule has 0 saturated heterocycles. The number of anilines is 1. The van der Waals surface area contributed by atoms with Gasteiger partial charge in [-0.1, -0.05) is 23.7 Å². The number of esters is 1. The molecule has 0 bridgehead atoms. The lowest BCUT2D eigenvalue weighted by Crippen LogP contribution is -2.13. The Morgan fingerprint density at radius 2 is 1.52 bits per heavy atom. The maximum Gasteiger partial charge on any atom is 0.347 e. The molecular formula is C22H18ClNO5. The van der Waals surface area contributed by atoms with Gasteiger partial charge in [0, 0.05) is 11.8 Å². The van der Waals surface area contributed by atoms with Crippen LogP contribution < -0.4 is 19.5 Å². The molecule has 0 saturated carbocycles. The number of halogens is 1. The highest BCUT2D eigenvalue weighted by Crippen LogP contribution is 2.26. The number of amides is 1. The number of hydrogen-bond acceptors (Lipinski definition) is 5. The SMILES string of the molecule is COc1ccc(C(=O)Oc2ccc(NC(=O)c3ccccc3Cl)cc2)c(OC)c1. The zero-order valence-electron chi connectivity index (χ0n) is 15.8. The quantitative estimate of drug-likeness (QED) is 0.464. The first-order chi connectivity index (χ1) is 14.0. The Morgan fingerprint density at radius 3 is 2.17 bits per heavy atom. The van der Waals surface area contributed by atoms with E-state index in [4.69, 9.17) is 25.8 Å². The Hall–Kier alpha value is -3.51. The maximum atomic E-state index is 12.5. The average molecular weight is 412 g/mol. The number of nitrogens with one attached hydrogen (secondary N) is 1. The van der Waals surface area contributed by atoms with Crippen molar-refractivity contribution in [3.63, 3.8) is 0 Å². The van der Waals surface area contributed by atoms with Crippen molar-refractivity contribution >= 4 is 29.2 Å². The van der Waals surface area contributed by atoms with Gasteiger partial charge in [0.1, 0.15) is 22.8 Å². The molecule has 0 fully saturated rings. The Balaban J connectivity index is 1.68. The zero-order valence-corrected chi connectivity index (χ0v) is 16.5. The van der Waals surface area contributed by atoms with E-state index in [0.717, 1.165) is 0 Å². The number of carbonyl (C=O) groups is 2. The van der Waals surface area contributed by atoms with Gasteiger partial charge in [-0.2, -0.15) is 0 Å². The largest absolute Gasteiger partial charge is 0.497 e. The van der Waals surface area contributed by atoms with Gasteiger partial charge in [-0.25, -0.2) is 4.79 Å². The molecule has 1 N–H and O–H groups in total. The van der Waals surface area contributed by atoms with E-state index in [2.05, 4.69) is 5.32 Å². The number of hydrogen-bond donors (Lipinski definition) is 1. The van der Waals surface area contributed by atoms with Crippen LogP contribution >= 0.6 is 11.6 Å². The number of rotatable bonds is 6. The van der Waals surface area contributed by atoms with Gasteiger partial charge in [-0.15, -0.1) is 0 Å². The Labute approximate surface area is 173 Å². The molecule has 0 atom stereocenters. The molecule has 0 aliphatic carbocycles. The average Bonchev–Trinajstić information content (AvgIpc) is 2.74. The molecule has 0 spiro atoms. The molecule has 29 heavy (non-hydrogen) atoms. The Morgan fingerprint density at radius 1 is 0.828 bits per heavy atom. The van der Waals surface area contributed by atoms with E-state index in [1.54, 1.807) is 66.7 Å². The van der Waals surface area contributed by atoms with Crippen molar-refractivity contribution in [2.24, 2.45) is 0 Å². The van der Waals surface area contributed by atoms with E-state index in [1.165, 1.54) is 14.2 Å². The third kappa shape index (κ3) is 4.86. The minimum Gasteiger partial charge on any atom is -0.497 e. The summed E-state index contributed by atoms with van der Waals surface area (Å²) >= 11 is 6.03. The Kier molecular flexibility index (Phi) is 6.36. The topological polar surface area (TPSA) is 73.9 Å². The lowest BCUT2D eigenvalue weighted by atomic mass is 10.2. The minimum atomic E-state index is -0.572. The highest BCUT2D eigenvalue weighted by atomic mass is 35.5. The van der Waals surface area contributed by atoms with Crippen LogP contribution in [0.25, 0.3) is 0 Å². The van der Waals surface area contributed by atoms with Crippen LogP contribution in [0.3, 0.4) is 0 Å². The summed E-state index contributed by atoms with van der Waals surface area (Å²) in [6.45, 7) is 0. The van der Waals surface area contributed by atoms with Crippen LogP contribution in [0.5, 0.6) is 17.2 Å². The van der Waals surface area contributed by atoms with Crippen LogP contribution in [0.4, 0.5) is 5.69 Å². The normalized spacial score (nSPS) is 10.2. The van der Waals surface area contributed by atoms with Crippen LogP contribution in [0.1, 0.15) is 20.7 Å². The molecule has 3 rings (SSSR count). The number of methoxy groups -OCH3 is 2. The van der Waals surface area contributed by atoms with Gasteiger partial charge in [-0.3, -0.25) is 4.79 Å². The van der Waals surface area contributed by atoms with E-state index < -0.39 is 5.97 Å². The number of carbonyl (C=O) groups excluding carboxylic acids is 2. The minimum absolute atomic E-state index is 0.268. The molecule has 3 aromatic rings. The predicted octanol–water partition coefficient (Wildman–Crippen LogP) is 4.83. The number of ether oxygens (including phenoxy) is 3. The van der Waals surface area contributed by atoms with Crippen molar-refractivity contribution < 1.29 is 23.8 Å². The lowest BCUT2D eigenvalue weighted by Gasteiger charge is -2.11. The summed E-state index contributed by atoms with van der Waals surface area (Å²) in [5, 5.41) is 3.11. The fourth-order valence-corrected chi connectivity index (χ4v) is 2.80. The summed E-state index contributed by atoms with van der Waals surface area (Å²) in [6.07, 6.45) is 0. The highest BCUT2D eigenvalue weighted by Gasteiger charge is 2.16. The van der Waals surface area contributed by atoms with Crippen LogP contribution in [-0.4, -0.2) is 26.1 Å². The summed E-state index contributed by atoms with van der Waals surface area (Å²) < 4.78 is 15.7. The molecule has 0 aliphatic heterocycles. The summed E-state index contributed by atoms with van der Waals surface area (Å²) in [6, 6.07) is 18.0. The van der Waals surface area contributed by atoms with Crippen molar-refractivity contribution in [1.29, 1.82) is 0 Å². The number of benzene rings is 3. The van der Waals surface area contributed by atoms with Crippen LogP contribution in [0.15, 0.2) is 66.7 Å². The summed E-state index contributed by atoms with van der Waals surface area (Å²) in [4.78, 5) is 24.8. The Bertz CT molecular complexity index is 1030. The summed E-state index contributed by atoms with van der Waals surface area (Å²) in [7, 11) is 2.99. The second kappa shape index (κ2) is 9.12. The molecule has 1 amide bonds. The van der Waals surface area contributed by atoms with Gasteiger partial charge < -0.3 is 19.5 Å². The maximum absolute atomic E-state index is 12.5. The van der Waals surface area contributed by atoms with E-state index in [9.17, 15) is 9.59 Å². The third-order valence-corrected chi connectivity index (χ3v) is 4.40. The highest BCUT2D eigenvalue weighted by molar-refractivity contribution is 6.34. The molecule has 0 aromatic heterocycles. The van der Waals surface area contributed by atoms with Gasteiger partial charge in [0.25, 0.3) is 5.91 Å². The van der Waals surface area contributed by atoms with Crippen LogP contribution in [0.2, 0.25) is 5.02 Å². The van der Waals surface area contributed by atoms with Crippen molar-refractivity contribution in [3.8, 4) is 17.2 Å². The van der Waals surface area contributed by atoms with E-state index in [1.807, 2.05) is 0 Å². The monoisotopic (exact) mass is 411 g/mol. The molecule has 6 nitrogen and oxygen atoms in total. The molecule has 0 aliphatic rings. The fraction of sp³-hybridized carbons (Fsp3) is 0.0909. The van der Waals surface area contributed by atoms with Gasteiger partial charge >= 0.3 is 5.97 Å². The second-order valence-corrected chi connectivity index (χ2v) is 6.32. The van der Waals surface area contributed by atoms with E-state index >= 15 is 0 Å². The molecular weight excluding hydrogens is 394 g/mol. The van der Waals surface area contributed by atoms with Gasteiger partial charge in [-0.05, 0) is 48.5 Å². The standard InChI is InChI=1S/C22H18ClNO5/c1-27-16-11-12-18(20(13-16)28-2)22(26)29-15-9-7-14(8-10-15)24-21(25)17-5-3-4-6-19(17)23/h3-13H,1-2H3,(H,24,25). The molecule has 3 aromatic carbocycles. The van der Waals surface area contributed by atoms with Crippen molar-refractivity contribution in [2.75, 3.05) is 19.5 Å². The third-order valence-electron chi connectivity index (χ3n) is 4.07. The smallest absolute Gasteiger partial charge is 0.347 e. The van der Waals surface area contributed by atoms with E-state index in [-0.39, 0.29) is 11.5 Å². The van der Waals surface area contributed by atoms with Crippen molar-refractivity contribution in [2.45, 2.75) is 0 Å². The van der Waals surface area contributed by atoms with Crippen LogP contribution in [-0.2, 0) is 0 Å². The fourth-order valence-electron chi connectivity index (χ4n) is 2.58. The van der Waals surface area contributed by atoms with Gasteiger partial charge in [0.05, 0.1) is 24.8 Å². The summed E-state index contributed by atoms with van der Waals surface area (Å²) in [5.41, 5.74) is 1.18. The first-order valence-electron chi connectivity index (χ1n) is 8.62. The van der Waals surface area contributed by atoms with Crippen molar-refractivity contribution in [3.05, 3.63) is 82.9 Å². The molecule has 148 valence electrons.